The second-order valence-electron chi connectivity index (χ2n) is 7.89. The predicted octanol–water partition coefficient (Wildman–Crippen LogP) is 1.07. The first-order chi connectivity index (χ1) is 15.1. The Hall–Kier alpha value is -3.14. The molecule has 10 nitrogen and oxygen atoms in total. The number of hydrogen-bond acceptors (Lipinski definition) is 6. The molecule has 2 N–H and O–H groups in total. The number of hydrogen-bond donors (Lipinski definition) is 2. The summed E-state index contributed by atoms with van der Waals surface area (Å²) in [5.41, 5.74) is 1.09. The molecular weight excluding hydrogens is 400 g/mol. The highest BCUT2D eigenvalue weighted by molar-refractivity contribution is 5.78. The van der Waals surface area contributed by atoms with Crippen molar-refractivity contribution in [3.63, 3.8) is 0 Å². The van der Waals surface area contributed by atoms with Crippen LogP contribution in [0.15, 0.2) is 30.3 Å². The van der Waals surface area contributed by atoms with Crippen LogP contribution in [0.3, 0.4) is 0 Å². The number of carbonyl (C=O) groups excluding carboxylic acids is 2. The maximum absolute atomic E-state index is 12.6. The fourth-order valence-electron chi connectivity index (χ4n) is 3.85. The average Bonchev–Trinajstić information content (AvgIpc) is 3.39. The van der Waals surface area contributed by atoms with E-state index in [4.69, 9.17) is 9.47 Å². The standard InChI is InChI=1S/C21H28N6O4/c1-2-9-22-20(29)23-11-17-18-12-31-21(15-27(18)25-24-17)8-10-26(14-21)19(28)13-30-16-6-4-3-5-7-16/h3-7H,2,8-15H2,1H3,(H2,22,23,29). The maximum atomic E-state index is 12.6. The van der Waals surface area contributed by atoms with E-state index in [0.717, 1.165) is 18.5 Å². The highest BCUT2D eigenvalue weighted by atomic mass is 16.5. The minimum atomic E-state index is -0.466. The molecule has 0 bridgehead atoms. The Bertz CT molecular complexity index is 918. The van der Waals surface area contributed by atoms with E-state index in [-0.39, 0.29) is 18.5 Å². The van der Waals surface area contributed by atoms with E-state index in [1.165, 1.54) is 0 Å². The summed E-state index contributed by atoms with van der Waals surface area (Å²) in [6, 6.07) is 9.08. The summed E-state index contributed by atoms with van der Waals surface area (Å²) >= 11 is 0. The van der Waals surface area contributed by atoms with Crippen molar-refractivity contribution in [3.05, 3.63) is 41.7 Å². The first-order valence-corrected chi connectivity index (χ1v) is 10.6. The van der Waals surface area contributed by atoms with Gasteiger partial charge >= 0.3 is 6.03 Å². The van der Waals surface area contributed by atoms with Gasteiger partial charge in [-0.25, -0.2) is 9.48 Å². The van der Waals surface area contributed by atoms with Crippen molar-refractivity contribution < 1.29 is 19.1 Å². The molecule has 4 rings (SSSR count). The largest absolute Gasteiger partial charge is 0.484 e. The fourth-order valence-corrected chi connectivity index (χ4v) is 3.85. The molecule has 1 unspecified atom stereocenters. The lowest BCUT2D eigenvalue weighted by Crippen LogP contribution is -2.46. The van der Waals surface area contributed by atoms with Crippen LogP contribution in [0.4, 0.5) is 4.79 Å². The lowest BCUT2D eigenvalue weighted by Gasteiger charge is -2.33. The number of urea groups is 1. The molecule has 2 aliphatic rings. The predicted molar refractivity (Wildman–Crippen MR) is 111 cm³/mol. The number of fused-ring (bicyclic) bond motifs is 1. The highest BCUT2D eigenvalue weighted by Crippen LogP contribution is 2.32. The normalized spacial score (nSPS) is 19.8. The zero-order chi connectivity index (χ0) is 21.7. The summed E-state index contributed by atoms with van der Waals surface area (Å²) in [6.07, 6.45) is 1.61. The maximum Gasteiger partial charge on any atom is 0.315 e. The number of likely N-dealkylation sites (tertiary alicyclic amines) is 1. The summed E-state index contributed by atoms with van der Waals surface area (Å²) in [4.78, 5) is 26.1. The summed E-state index contributed by atoms with van der Waals surface area (Å²) in [6.45, 7) is 4.92. The highest BCUT2D eigenvalue weighted by Gasteiger charge is 2.44. The number of nitrogens with one attached hydrogen (secondary N) is 2. The number of aromatic nitrogens is 3. The van der Waals surface area contributed by atoms with Gasteiger partial charge < -0.3 is 25.0 Å². The Balaban J connectivity index is 1.30. The molecule has 0 radical (unpaired) electrons. The van der Waals surface area contributed by atoms with Crippen molar-refractivity contribution >= 4 is 11.9 Å². The Morgan fingerprint density at radius 2 is 2.06 bits per heavy atom. The summed E-state index contributed by atoms with van der Waals surface area (Å²) in [5.74, 6) is 0.618. The molecule has 2 aromatic rings. The summed E-state index contributed by atoms with van der Waals surface area (Å²) in [5, 5.41) is 14.0. The Kier molecular flexibility index (Phi) is 6.36. The second-order valence-corrected chi connectivity index (χ2v) is 7.89. The van der Waals surface area contributed by atoms with E-state index in [2.05, 4.69) is 20.9 Å². The molecule has 1 atom stereocenters. The molecule has 166 valence electrons. The molecule has 3 heterocycles. The van der Waals surface area contributed by atoms with Crippen molar-refractivity contribution in [2.75, 3.05) is 26.2 Å². The Labute approximate surface area is 180 Å². The topological polar surface area (TPSA) is 111 Å². The SMILES string of the molecule is CCCNC(=O)NCc1nnn2c1COC1(CCN(C(=O)COc3ccccc3)C1)C2. The van der Waals surface area contributed by atoms with Crippen LogP contribution in [-0.4, -0.2) is 63.7 Å². The van der Waals surface area contributed by atoms with Crippen LogP contribution in [-0.2, 0) is 29.2 Å². The third-order valence-corrected chi connectivity index (χ3v) is 5.60. The van der Waals surface area contributed by atoms with Gasteiger partial charge in [0.05, 0.1) is 31.9 Å². The van der Waals surface area contributed by atoms with Crippen LogP contribution < -0.4 is 15.4 Å². The van der Waals surface area contributed by atoms with Crippen LogP contribution in [0, 0.1) is 0 Å². The molecule has 1 aromatic carbocycles. The van der Waals surface area contributed by atoms with Crippen molar-refractivity contribution in [1.82, 2.24) is 30.5 Å². The molecule has 1 saturated heterocycles. The van der Waals surface area contributed by atoms with Crippen molar-refractivity contribution in [2.24, 2.45) is 0 Å². The van der Waals surface area contributed by atoms with Crippen molar-refractivity contribution in [1.29, 1.82) is 0 Å². The van der Waals surface area contributed by atoms with Gasteiger partial charge in [0.25, 0.3) is 5.91 Å². The number of ether oxygens (including phenoxy) is 2. The van der Waals surface area contributed by atoms with Gasteiger partial charge in [-0.1, -0.05) is 30.3 Å². The van der Waals surface area contributed by atoms with Crippen molar-refractivity contribution in [3.8, 4) is 5.75 Å². The van der Waals surface area contributed by atoms with Gasteiger partial charge in [-0.2, -0.15) is 0 Å². The fraction of sp³-hybridized carbons (Fsp3) is 0.524. The molecular formula is C21H28N6O4. The van der Waals surface area contributed by atoms with E-state index in [0.29, 0.717) is 50.8 Å². The Morgan fingerprint density at radius 3 is 2.87 bits per heavy atom. The van der Waals surface area contributed by atoms with E-state index in [9.17, 15) is 9.59 Å². The average molecular weight is 428 g/mol. The summed E-state index contributed by atoms with van der Waals surface area (Å²) in [7, 11) is 0. The minimum absolute atomic E-state index is 0.00455. The van der Waals surface area contributed by atoms with E-state index >= 15 is 0 Å². The van der Waals surface area contributed by atoms with Gasteiger partial charge in [-0.3, -0.25) is 4.79 Å². The van der Waals surface area contributed by atoms with Gasteiger partial charge in [-0.15, -0.1) is 5.10 Å². The lowest BCUT2D eigenvalue weighted by atomic mass is 10.0. The number of benzene rings is 1. The molecule has 3 amide bonds. The van der Waals surface area contributed by atoms with Crippen LogP contribution in [0.25, 0.3) is 0 Å². The molecule has 1 fully saturated rings. The first kappa shape index (κ1) is 21.1. The van der Waals surface area contributed by atoms with Crippen molar-refractivity contribution in [2.45, 2.75) is 45.1 Å². The third-order valence-electron chi connectivity index (χ3n) is 5.60. The van der Waals surface area contributed by atoms with Gasteiger partial charge in [0.15, 0.2) is 6.61 Å². The minimum Gasteiger partial charge on any atom is -0.484 e. The molecule has 31 heavy (non-hydrogen) atoms. The van der Waals surface area contributed by atoms with Crippen LogP contribution in [0.5, 0.6) is 5.75 Å². The first-order valence-electron chi connectivity index (χ1n) is 10.6. The zero-order valence-electron chi connectivity index (χ0n) is 17.7. The molecule has 1 aromatic heterocycles. The van der Waals surface area contributed by atoms with Crippen LogP contribution >= 0.6 is 0 Å². The van der Waals surface area contributed by atoms with Gasteiger partial charge in [0, 0.05) is 13.1 Å². The summed E-state index contributed by atoms with van der Waals surface area (Å²) < 4.78 is 13.6. The number of nitrogens with zero attached hydrogens (tertiary/aromatic N) is 4. The molecule has 1 spiro atoms. The lowest BCUT2D eigenvalue weighted by molar-refractivity contribution is -0.135. The zero-order valence-corrected chi connectivity index (χ0v) is 17.7. The Morgan fingerprint density at radius 1 is 1.23 bits per heavy atom. The molecule has 0 saturated carbocycles. The van der Waals surface area contributed by atoms with E-state index in [1.54, 1.807) is 4.90 Å². The number of rotatable bonds is 7. The van der Waals surface area contributed by atoms with Gasteiger partial charge in [-0.05, 0) is 25.0 Å². The van der Waals surface area contributed by atoms with E-state index < -0.39 is 5.60 Å². The van der Waals surface area contributed by atoms with Crippen LogP contribution in [0.1, 0.15) is 31.2 Å². The molecule has 10 heteroatoms. The monoisotopic (exact) mass is 428 g/mol. The van der Waals surface area contributed by atoms with Gasteiger partial charge in [0.2, 0.25) is 0 Å². The third kappa shape index (κ3) is 4.96. The quantitative estimate of drug-likeness (QED) is 0.683. The number of carbonyl (C=O) groups is 2. The van der Waals surface area contributed by atoms with Gasteiger partial charge in [0.1, 0.15) is 17.0 Å². The molecule has 0 aliphatic carbocycles. The molecule has 2 aliphatic heterocycles. The van der Waals surface area contributed by atoms with Crippen LogP contribution in [0.2, 0.25) is 0 Å². The van der Waals surface area contributed by atoms with E-state index in [1.807, 2.05) is 41.9 Å². The smallest absolute Gasteiger partial charge is 0.315 e. The number of para-hydroxylation sites is 1. The second kappa shape index (κ2) is 9.34. The number of amides is 3.